The number of carbonyl (C=O) groups excluding carboxylic acids is 1. The van der Waals surface area contributed by atoms with Gasteiger partial charge in [-0.3, -0.25) is 9.78 Å². The van der Waals surface area contributed by atoms with Crippen LogP contribution in [0.15, 0.2) is 55.0 Å². The summed E-state index contributed by atoms with van der Waals surface area (Å²) in [6.45, 7) is 3.79. The first-order chi connectivity index (χ1) is 12.0. The minimum absolute atomic E-state index is 0.160. The minimum Gasteiger partial charge on any atom is -0.344 e. The summed E-state index contributed by atoms with van der Waals surface area (Å²) in [4.78, 5) is 16.3. The van der Waals surface area contributed by atoms with Gasteiger partial charge < -0.3 is 5.32 Å². The van der Waals surface area contributed by atoms with Gasteiger partial charge >= 0.3 is 0 Å². The Hall–Kier alpha value is -3.09. The van der Waals surface area contributed by atoms with Crippen LogP contribution in [0.25, 0.3) is 0 Å². The highest BCUT2D eigenvalue weighted by Crippen LogP contribution is 2.17. The molecule has 1 N–H and O–H groups in total. The van der Waals surface area contributed by atoms with Crippen molar-refractivity contribution < 1.29 is 9.18 Å². The molecule has 2 unspecified atom stereocenters. The molecule has 3 rings (SSSR count). The Morgan fingerprint density at radius 1 is 1.08 bits per heavy atom. The molecule has 0 aliphatic rings. The lowest BCUT2D eigenvalue weighted by Crippen LogP contribution is -2.27. The van der Waals surface area contributed by atoms with Crippen molar-refractivity contribution in [3.05, 3.63) is 77.6 Å². The number of benzene rings is 1. The molecule has 6 nitrogen and oxygen atoms in total. The normalized spacial score (nSPS) is 13.2. The van der Waals surface area contributed by atoms with E-state index >= 15 is 0 Å². The van der Waals surface area contributed by atoms with Crippen LogP contribution in [0.1, 0.15) is 47.5 Å². The van der Waals surface area contributed by atoms with E-state index in [0.717, 1.165) is 11.1 Å². The lowest BCUT2D eigenvalue weighted by atomic mass is 10.1. The number of nitrogens with zero attached hydrogens (tertiary/aromatic N) is 4. The van der Waals surface area contributed by atoms with E-state index in [1.165, 1.54) is 12.1 Å². The van der Waals surface area contributed by atoms with E-state index in [2.05, 4.69) is 20.6 Å². The topological polar surface area (TPSA) is 72.7 Å². The molecule has 0 saturated carbocycles. The van der Waals surface area contributed by atoms with Gasteiger partial charge in [0.1, 0.15) is 5.82 Å². The highest BCUT2D eigenvalue weighted by atomic mass is 19.1. The summed E-state index contributed by atoms with van der Waals surface area (Å²) in [6.07, 6.45) is 4.94. The second-order valence-corrected chi connectivity index (χ2v) is 5.79. The second-order valence-electron chi connectivity index (χ2n) is 5.79. The van der Waals surface area contributed by atoms with E-state index in [-0.39, 0.29) is 29.5 Å². The van der Waals surface area contributed by atoms with E-state index < -0.39 is 0 Å². The van der Waals surface area contributed by atoms with Gasteiger partial charge in [-0.15, -0.1) is 5.10 Å². The SMILES string of the molecule is CC(NC(=O)c1cn(C(C)c2ccc(F)cc2)nn1)c1ccncc1. The molecule has 2 heterocycles. The predicted octanol–water partition coefficient (Wildman–Crippen LogP) is 2.91. The van der Waals surface area contributed by atoms with Crippen LogP contribution in [-0.4, -0.2) is 25.9 Å². The number of amides is 1. The van der Waals surface area contributed by atoms with Crippen molar-refractivity contribution >= 4 is 5.91 Å². The fourth-order valence-corrected chi connectivity index (χ4v) is 2.47. The highest BCUT2D eigenvalue weighted by Gasteiger charge is 2.17. The lowest BCUT2D eigenvalue weighted by molar-refractivity contribution is 0.0934. The zero-order valence-corrected chi connectivity index (χ0v) is 13.9. The van der Waals surface area contributed by atoms with E-state index in [1.54, 1.807) is 35.4 Å². The summed E-state index contributed by atoms with van der Waals surface area (Å²) >= 11 is 0. The molecule has 0 spiro atoms. The molecule has 25 heavy (non-hydrogen) atoms. The first kappa shape index (κ1) is 16.8. The molecule has 2 atom stereocenters. The van der Waals surface area contributed by atoms with E-state index in [1.807, 2.05) is 26.0 Å². The van der Waals surface area contributed by atoms with Gasteiger partial charge in [0.05, 0.1) is 18.3 Å². The highest BCUT2D eigenvalue weighted by molar-refractivity contribution is 5.92. The predicted molar refractivity (Wildman–Crippen MR) is 90.4 cm³/mol. The first-order valence-corrected chi connectivity index (χ1v) is 7.92. The van der Waals surface area contributed by atoms with Gasteiger partial charge in [-0.2, -0.15) is 0 Å². The van der Waals surface area contributed by atoms with Crippen LogP contribution < -0.4 is 5.32 Å². The third-order valence-corrected chi connectivity index (χ3v) is 4.05. The van der Waals surface area contributed by atoms with Crippen molar-refractivity contribution in [1.82, 2.24) is 25.3 Å². The van der Waals surface area contributed by atoms with E-state index in [4.69, 9.17) is 0 Å². The molecule has 0 saturated heterocycles. The monoisotopic (exact) mass is 339 g/mol. The zero-order chi connectivity index (χ0) is 17.8. The number of nitrogens with one attached hydrogen (secondary N) is 1. The van der Waals surface area contributed by atoms with Crippen LogP contribution in [0.3, 0.4) is 0 Å². The molecular formula is C18H18FN5O. The Morgan fingerprint density at radius 2 is 1.76 bits per heavy atom. The number of aromatic nitrogens is 4. The average Bonchev–Trinajstić information content (AvgIpc) is 3.13. The second kappa shape index (κ2) is 7.21. The largest absolute Gasteiger partial charge is 0.344 e. The number of hydrogen-bond donors (Lipinski definition) is 1. The minimum atomic E-state index is -0.304. The number of rotatable bonds is 5. The summed E-state index contributed by atoms with van der Waals surface area (Å²) in [6, 6.07) is 9.53. The van der Waals surface area contributed by atoms with Gasteiger partial charge in [-0.1, -0.05) is 17.3 Å². The summed E-state index contributed by atoms with van der Waals surface area (Å²) < 4.78 is 14.6. The summed E-state index contributed by atoms with van der Waals surface area (Å²) in [5.74, 6) is -0.596. The summed E-state index contributed by atoms with van der Waals surface area (Å²) in [5.41, 5.74) is 2.06. The zero-order valence-electron chi connectivity index (χ0n) is 13.9. The Balaban J connectivity index is 1.70. The molecule has 2 aromatic heterocycles. The molecule has 0 bridgehead atoms. The maximum absolute atomic E-state index is 13.0. The van der Waals surface area contributed by atoms with Gasteiger partial charge in [0.15, 0.2) is 5.69 Å². The van der Waals surface area contributed by atoms with Crippen LogP contribution in [0.5, 0.6) is 0 Å². The van der Waals surface area contributed by atoms with Crippen molar-refractivity contribution in [1.29, 1.82) is 0 Å². The molecule has 1 aromatic carbocycles. The van der Waals surface area contributed by atoms with Crippen LogP contribution in [0.2, 0.25) is 0 Å². The van der Waals surface area contributed by atoms with Crippen molar-refractivity contribution in [3.63, 3.8) is 0 Å². The number of hydrogen-bond acceptors (Lipinski definition) is 4. The van der Waals surface area contributed by atoms with Gasteiger partial charge in [0.2, 0.25) is 0 Å². The van der Waals surface area contributed by atoms with Crippen molar-refractivity contribution in [2.45, 2.75) is 25.9 Å². The lowest BCUT2D eigenvalue weighted by Gasteiger charge is -2.13. The van der Waals surface area contributed by atoms with Crippen molar-refractivity contribution in [2.75, 3.05) is 0 Å². The van der Waals surface area contributed by atoms with Crippen LogP contribution in [0, 0.1) is 5.82 Å². The molecule has 0 aliphatic carbocycles. The molecule has 0 fully saturated rings. The van der Waals surface area contributed by atoms with Crippen LogP contribution in [-0.2, 0) is 0 Å². The third-order valence-electron chi connectivity index (χ3n) is 4.05. The van der Waals surface area contributed by atoms with Gasteiger partial charge in [0, 0.05) is 12.4 Å². The maximum Gasteiger partial charge on any atom is 0.273 e. The standard InChI is InChI=1S/C18H18FN5O/c1-12(14-7-9-20-10-8-14)21-18(25)17-11-24(23-22-17)13(2)15-3-5-16(19)6-4-15/h3-13H,1-2H3,(H,21,25). The summed E-state index contributed by atoms with van der Waals surface area (Å²) in [7, 11) is 0. The molecule has 3 aromatic rings. The average molecular weight is 339 g/mol. The Labute approximate surface area is 144 Å². The Morgan fingerprint density at radius 3 is 2.44 bits per heavy atom. The first-order valence-electron chi connectivity index (χ1n) is 7.92. The van der Waals surface area contributed by atoms with Crippen molar-refractivity contribution in [2.24, 2.45) is 0 Å². The van der Waals surface area contributed by atoms with Crippen molar-refractivity contribution in [3.8, 4) is 0 Å². The fraction of sp³-hybridized carbons (Fsp3) is 0.222. The van der Waals surface area contributed by atoms with E-state index in [9.17, 15) is 9.18 Å². The quantitative estimate of drug-likeness (QED) is 0.776. The molecule has 0 radical (unpaired) electrons. The maximum atomic E-state index is 13.0. The molecular weight excluding hydrogens is 321 g/mol. The van der Waals surface area contributed by atoms with E-state index in [0.29, 0.717) is 0 Å². The summed E-state index contributed by atoms with van der Waals surface area (Å²) in [5, 5.41) is 10.8. The molecule has 7 heteroatoms. The van der Waals surface area contributed by atoms with Crippen LogP contribution >= 0.6 is 0 Å². The van der Waals surface area contributed by atoms with Crippen LogP contribution in [0.4, 0.5) is 4.39 Å². The Bertz CT molecular complexity index is 847. The van der Waals surface area contributed by atoms with Gasteiger partial charge in [-0.25, -0.2) is 9.07 Å². The number of pyridine rings is 1. The fourth-order valence-electron chi connectivity index (χ4n) is 2.47. The third kappa shape index (κ3) is 3.88. The molecule has 128 valence electrons. The molecule has 1 amide bonds. The number of halogens is 1. The number of carbonyl (C=O) groups is 1. The van der Waals surface area contributed by atoms with Gasteiger partial charge in [-0.05, 0) is 49.2 Å². The molecule has 0 aliphatic heterocycles. The smallest absolute Gasteiger partial charge is 0.273 e. The van der Waals surface area contributed by atoms with Gasteiger partial charge in [0.25, 0.3) is 5.91 Å². The Kier molecular flexibility index (Phi) is 4.83.